The molecule has 2 aromatic rings. The minimum absolute atomic E-state index is 0.333. The highest BCUT2D eigenvalue weighted by molar-refractivity contribution is 7.99. The largest absolute Gasteiger partial charge is 0.442 e. The van der Waals surface area contributed by atoms with Crippen molar-refractivity contribution in [1.29, 1.82) is 0 Å². The van der Waals surface area contributed by atoms with Crippen molar-refractivity contribution in [1.82, 2.24) is 0 Å². The molecule has 0 amide bonds. The summed E-state index contributed by atoms with van der Waals surface area (Å²) in [5, 5.41) is 0. The summed E-state index contributed by atoms with van der Waals surface area (Å²) >= 11 is 1.32. The van der Waals surface area contributed by atoms with E-state index in [1.165, 1.54) is 11.8 Å². The van der Waals surface area contributed by atoms with Crippen molar-refractivity contribution >= 4 is 23.7 Å². The zero-order chi connectivity index (χ0) is 14.4. The van der Waals surface area contributed by atoms with E-state index >= 15 is 0 Å². The first-order chi connectivity index (χ1) is 10.2. The molecule has 0 spiro atoms. The Hall–Kier alpha value is -2.27. The van der Waals surface area contributed by atoms with Crippen LogP contribution in [-0.2, 0) is 9.47 Å². The third-order valence-electron chi connectivity index (χ3n) is 3.54. The second-order valence-corrected chi connectivity index (χ2v) is 5.91. The fourth-order valence-electron chi connectivity index (χ4n) is 2.54. The molecule has 4 nitrogen and oxygen atoms in total. The number of fused-ring (bicyclic) bond motifs is 2. The Morgan fingerprint density at radius 1 is 0.714 bits per heavy atom. The Morgan fingerprint density at radius 3 is 1.62 bits per heavy atom. The molecule has 104 valence electrons. The van der Waals surface area contributed by atoms with Crippen molar-refractivity contribution < 1.29 is 19.1 Å². The summed E-state index contributed by atoms with van der Waals surface area (Å²) < 4.78 is 10.8. The molecule has 2 unspecified atom stereocenters. The van der Waals surface area contributed by atoms with Crippen molar-refractivity contribution in [2.45, 2.75) is 10.9 Å². The molecule has 0 saturated carbocycles. The van der Waals surface area contributed by atoms with E-state index in [1.807, 2.05) is 24.3 Å². The number of benzene rings is 2. The molecule has 0 aliphatic carbocycles. The van der Waals surface area contributed by atoms with E-state index in [1.54, 1.807) is 24.3 Å². The minimum atomic E-state index is -0.447. The molecule has 5 heteroatoms. The Bertz CT molecular complexity index is 692. The number of rotatable bonds is 2. The normalized spacial score (nSPS) is 22.5. The van der Waals surface area contributed by atoms with Crippen LogP contribution < -0.4 is 0 Å². The van der Waals surface area contributed by atoms with Gasteiger partial charge in [0.15, 0.2) is 10.9 Å². The maximum atomic E-state index is 11.8. The maximum absolute atomic E-state index is 11.8. The molecule has 0 N–H and O–H groups in total. The Labute approximate surface area is 125 Å². The van der Waals surface area contributed by atoms with Gasteiger partial charge in [0.1, 0.15) is 0 Å². The zero-order valence-electron chi connectivity index (χ0n) is 10.8. The average Bonchev–Trinajstić information content (AvgIpc) is 3.00. The van der Waals surface area contributed by atoms with Crippen molar-refractivity contribution in [3.05, 3.63) is 70.8 Å². The molecule has 0 aromatic heterocycles. The molecule has 0 bridgehead atoms. The summed E-state index contributed by atoms with van der Waals surface area (Å²) in [7, 11) is 0. The van der Waals surface area contributed by atoms with E-state index in [2.05, 4.69) is 0 Å². The summed E-state index contributed by atoms with van der Waals surface area (Å²) in [4.78, 5) is 23.6. The van der Waals surface area contributed by atoms with Crippen LogP contribution in [0.4, 0.5) is 0 Å². The van der Waals surface area contributed by atoms with Gasteiger partial charge in [0.05, 0.1) is 11.1 Å². The van der Waals surface area contributed by atoms with Gasteiger partial charge in [-0.3, -0.25) is 0 Å². The van der Waals surface area contributed by atoms with Gasteiger partial charge in [-0.15, -0.1) is 0 Å². The van der Waals surface area contributed by atoms with Crippen LogP contribution in [0, 0.1) is 0 Å². The molecule has 2 heterocycles. The summed E-state index contributed by atoms with van der Waals surface area (Å²) in [6.45, 7) is 0. The summed E-state index contributed by atoms with van der Waals surface area (Å²) in [6.07, 6.45) is 0. The fraction of sp³-hybridized carbons (Fsp3) is 0.125. The fourth-order valence-corrected chi connectivity index (χ4v) is 3.75. The molecule has 0 radical (unpaired) electrons. The van der Waals surface area contributed by atoms with Crippen molar-refractivity contribution in [2.24, 2.45) is 0 Å². The Morgan fingerprint density at radius 2 is 1.14 bits per heavy atom. The number of carbonyl (C=O) groups is 2. The van der Waals surface area contributed by atoms with E-state index in [4.69, 9.17) is 9.47 Å². The van der Waals surface area contributed by atoms with E-state index in [0.29, 0.717) is 11.1 Å². The first kappa shape index (κ1) is 12.5. The highest BCUT2D eigenvalue weighted by Crippen LogP contribution is 2.49. The zero-order valence-corrected chi connectivity index (χ0v) is 11.6. The lowest BCUT2D eigenvalue weighted by Gasteiger charge is -2.15. The van der Waals surface area contributed by atoms with Gasteiger partial charge in [0, 0.05) is 11.1 Å². The van der Waals surface area contributed by atoms with Gasteiger partial charge in [0.25, 0.3) is 0 Å². The molecular formula is C16H10O4S. The van der Waals surface area contributed by atoms with Gasteiger partial charge in [-0.25, -0.2) is 9.59 Å². The van der Waals surface area contributed by atoms with Crippen LogP contribution in [0.2, 0.25) is 0 Å². The van der Waals surface area contributed by atoms with Crippen LogP contribution in [0.3, 0.4) is 0 Å². The first-order valence-corrected chi connectivity index (χ1v) is 7.43. The van der Waals surface area contributed by atoms with E-state index in [9.17, 15) is 9.59 Å². The molecule has 21 heavy (non-hydrogen) atoms. The topological polar surface area (TPSA) is 52.6 Å². The first-order valence-electron chi connectivity index (χ1n) is 6.49. The standard InChI is InChI=1S/C16H10O4S/c17-13-9-5-1-3-7-11(9)15(19-13)21-16-12-8-4-2-6-10(12)14(18)20-16/h1-8,15-16H. The van der Waals surface area contributed by atoms with Crippen LogP contribution in [0.25, 0.3) is 0 Å². The molecule has 2 aliphatic rings. The number of thioether (sulfide) groups is 1. The lowest BCUT2D eigenvalue weighted by atomic mass is 10.1. The SMILES string of the molecule is O=C1OC(SC2OC(=O)c3ccccc32)c2ccccc21. The van der Waals surface area contributed by atoms with Crippen molar-refractivity contribution in [3.63, 3.8) is 0 Å². The summed E-state index contributed by atoms with van der Waals surface area (Å²) in [5.41, 5.74) is 1.91. The number of carbonyl (C=O) groups excluding carboxylic acids is 2. The Balaban J connectivity index is 1.64. The second kappa shape index (κ2) is 4.63. The lowest BCUT2D eigenvalue weighted by molar-refractivity contribution is 0.0490. The van der Waals surface area contributed by atoms with Crippen molar-refractivity contribution in [2.75, 3.05) is 0 Å². The highest BCUT2D eigenvalue weighted by Gasteiger charge is 2.38. The van der Waals surface area contributed by atoms with Gasteiger partial charge in [-0.05, 0) is 12.1 Å². The number of ether oxygens (including phenoxy) is 2. The predicted molar refractivity (Wildman–Crippen MR) is 76.8 cm³/mol. The Kier molecular flexibility index (Phi) is 2.75. The highest BCUT2D eigenvalue weighted by atomic mass is 32.2. The quantitative estimate of drug-likeness (QED) is 0.795. The molecule has 2 aromatic carbocycles. The molecule has 2 aliphatic heterocycles. The lowest BCUT2D eigenvalue weighted by Crippen LogP contribution is -2.00. The van der Waals surface area contributed by atoms with Crippen LogP contribution in [-0.4, -0.2) is 11.9 Å². The third kappa shape index (κ3) is 1.93. The number of cyclic esters (lactones) is 2. The number of esters is 2. The second-order valence-electron chi connectivity index (χ2n) is 4.79. The average molecular weight is 298 g/mol. The van der Waals surface area contributed by atoms with Gasteiger partial charge in [-0.2, -0.15) is 0 Å². The summed E-state index contributed by atoms with van der Waals surface area (Å²) in [5.74, 6) is -0.665. The molecule has 4 rings (SSSR count). The minimum Gasteiger partial charge on any atom is -0.442 e. The molecular weight excluding hydrogens is 288 g/mol. The maximum Gasteiger partial charge on any atom is 0.340 e. The molecule has 0 fully saturated rings. The van der Waals surface area contributed by atoms with E-state index in [0.717, 1.165) is 11.1 Å². The van der Waals surface area contributed by atoms with Gasteiger partial charge in [-0.1, -0.05) is 48.2 Å². The van der Waals surface area contributed by atoms with Crippen LogP contribution in [0.5, 0.6) is 0 Å². The van der Waals surface area contributed by atoms with E-state index < -0.39 is 10.9 Å². The predicted octanol–water partition coefficient (Wildman–Crippen LogP) is 3.46. The van der Waals surface area contributed by atoms with Crippen LogP contribution in [0.15, 0.2) is 48.5 Å². The molecule has 2 atom stereocenters. The van der Waals surface area contributed by atoms with Crippen molar-refractivity contribution in [3.8, 4) is 0 Å². The van der Waals surface area contributed by atoms with Gasteiger partial charge >= 0.3 is 11.9 Å². The van der Waals surface area contributed by atoms with Gasteiger partial charge in [0.2, 0.25) is 0 Å². The number of hydrogen-bond donors (Lipinski definition) is 0. The smallest absolute Gasteiger partial charge is 0.340 e. The third-order valence-corrected chi connectivity index (χ3v) is 4.74. The number of hydrogen-bond acceptors (Lipinski definition) is 5. The van der Waals surface area contributed by atoms with Crippen LogP contribution >= 0.6 is 11.8 Å². The van der Waals surface area contributed by atoms with Crippen LogP contribution in [0.1, 0.15) is 42.7 Å². The summed E-state index contributed by atoms with van der Waals surface area (Å²) in [6, 6.07) is 14.5. The van der Waals surface area contributed by atoms with Gasteiger partial charge < -0.3 is 9.47 Å². The molecule has 0 saturated heterocycles. The monoisotopic (exact) mass is 298 g/mol. The van der Waals surface area contributed by atoms with E-state index in [-0.39, 0.29) is 11.9 Å².